The van der Waals surface area contributed by atoms with E-state index in [0.717, 1.165) is 60.5 Å². The van der Waals surface area contributed by atoms with Crippen molar-refractivity contribution >= 4 is 17.5 Å². The third kappa shape index (κ3) is 3.09. The van der Waals surface area contributed by atoms with Gasteiger partial charge in [0.05, 0.1) is 5.69 Å². The molecule has 0 N–H and O–H groups in total. The molecule has 0 spiro atoms. The largest absolute Gasteiger partial charge is 0.341 e. The fourth-order valence-electron chi connectivity index (χ4n) is 4.10. The maximum atomic E-state index is 5.04. The standard InChI is InChI=1S/C22H24N6/c1-16-5-6-17(15-24-16)20-19-9-14-28(18-7-10-23-11-8-18)21(19)26-22(25-20)27-12-3-2-4-13-27/h5-8,10-11,15H,2-4,9,12-14H2,1H3. The maximum absolute atomic E-state index is 5.04. The quantitative estimate of drug-likeness (QED) is 0.694. The van der Waals surface area contributed by atoms with Gasteiger partial charge in [0.2, 0.25) is 5.95 Å². The van der Waals surface area contributed by atoms with Gasteiger partial charge in [-0.25, -0.2) is 4.98 Å². The Balaban J connectivity index is 1.64. The summed E-state index contributed by atoms with van der Waals surface area (Å²) in [5.74, 6) is 1.87. The van der Waals surface area contributed by atoms with Crippen molar-refractivity contribution in [2.75, 3.05) is 29.4 Å². The molecule has 0 atom stereocenters. The van der Waals surface area contributed by atoms with E-state index >= 15 is 0 Å². The number of hydrogen-bond acceptors (Lipinski definition) is 6. The summed E-state index contributed by atoms with van der Waals surface area (Å²) >= 11 is 0. The molecular weight excluding hydrogens is 348 g/mol. The van der Waals surface area contributed by atoms with E-state index in [0.29, 0.717) is 0 Å². The fourth-order valence-corrected chi connectivity index (χ4v) is 4.10. The van der Waals surface area contributed by atoms with Gasteiger partial charge in [-0.15, -0.1) is 0 Å². The van der Waals surface area contributed by atoms with Gasteiger partial charge in [0.25, 0.3) is 0 Å². The van der Waals surface area contributed by atoms with Crippen molar-refractivity contribution in [1.29, 1.82) is 0 Å². The Labute approximate surface area is 165 Å². The summed E-state index contributed by atoms with van der Waals surface area (Å²) in [6, 6.07) is 8.27. The zero-order valence-electron chi connectivity index (χ0n) is 16.2. The first-order valence-electron chi connectivity index (χ1n) is 10.1. The van der Waals surface area contributed by atoms with E-state index in [1.165, 1.54) is 24.8 Å². The highest BCUT2D eigenvalue weighted by atomic mass is 15.3. The fraction of sp³-hybridized carbons (Fsp3) is 0.364. The van der Waals surface area contributed by atoms with Crippen molar-refractivity contribution in [2.24, 2.45) is 0 Å². The van der Waals surface area contributed by atoms with Crippen LogP contribution in [0.3, 0.4) is 0 Å². The topological polar surface area (TPSA) is 58.0 Å². The lowest BCUT2D eigenvalue weighted by atomic mass is 10.1. The molecule has 1 saturated heterocycles. The second kappa shape index (κ2) is 7.19. The summed E-state index contributed by atoms with van der Waals surface area (Å²) in [6.45, 7) is 4.97. The number of aromatic nitrogens is 4. The van der Waals surface area contributed by atoms with Crippen molar-refractivity contribution in [3.63, 3.8) is 0 Å². The molecule has 6 heteroatoms. The van der Waals surface area contributed by atoms with Gasteiger partial charge in [0, 0.05) is 60.7 Å². The zero-order chi connectivity index (χ0) is 18.9. The lowest BCUT2D eigenvalue weighted by Gasteiger charge is -2.28. The SMILES string of the molecule is Cc1ccc(-c2nc(N3CCCCC3)nc3c2CCN3c2ccncc2)cn1. The van der Waals surface area contributed by atoms with Crippen molar-refractivity contribution in [1.82, 2.24) is 19.9 Å². The molecule has 0 saturated carbocycles. The number of hydrogen-bond donors (Lipinski definition) is 0. The van der Waals surface area contributed by atoms with Crippen molar-refractivity contribution in [3.05, 3.63) is 54.1 Å². The molecule has 0 unspecified atom stereocenters. The maximum Gasteiger partial charge on any atom is 0.227 e. The minimum atomic E-state index is 0.843. The van der Waals surface area contributed by atoms with E-state index in [2.05, 4.69) is 31.9 Å². The summed E-state index contributed by atoms with van der Waals surface area (Å²) in [6.07, 6.45) is 10.2. The molecule has 1 fully saturated rings. The number of aryl methyl sites for hydroxylation is 1. The molecule has 28 heavy (non-hydrogen) atoms. The average molecular weight is 372 g/mol. The highest BCUT2D eigenvalue weighted by molar-refractivity contribution is 5.76. The average Bonchev–Trinajstić information content (AvgIpc) is 3.19. The predicted molar refractivity (Wildman–Crippen MR) is 111 cm³/mol. The molecule has 2 aliphatic rings. The second-order valence-corrected chi connectivity index (χ2v) is 7.52. The smallest absolute Gasteiger partial charge is 0.227 e. The molecule has 3 aromatic rings. The summed E-state index contributed by atoms with van der Waals surface area (Å²) in [5.41, 5.74) is 5.45. The molecule has 5 rings (SSSR count). The van der Waals surface area contributed by atoms with Gasteiger partial charge < -0.3 is 9.80 Å². The van der Waals surface area contributed by atoms with E-state index in [-0.39, 0.29) is 0 Å². The summed E-state index contributed by atoms with van der Waals surface area (Å²) in [7, 11) is 0. The van der Waals surface area contributed by atoms with Gasteiger partial charge >= 0.3 is 0 Å². The van der Waals surface area contributed by atoms with E-state index < -0.39 is 0 Å². The van der Waals surface area contributed by atoms with Crippen LogP contribution in [0.4, 0.5) is 17.5 Å². The highest BCUT2D eigenvalue weighted by Gasteiger charge is 2.29. The van der Waals surface area contributed by atoms with E-state index in [1.54, 1.807) is 0 Å². The van der Waals surface area contributed by atoms with E-state index in [4.69, 9.17) is 9.97 Å². The van der Waals surface area contributed by atoms with Crippen molar-refractivity contribution in [3.8, 4) is 11.3 Å². The predicted octanol–water partition coefficient (Wildman–Crippen LogP) is 3.93. The van der Waals surface area contributed by atoms with Gasteiger partial charge in [0.15, 0.2) is 0 Å². The minimum absolute atomic E-state index is 0.843. The number of fused-ring (bicyclic) bond motifs is 1. The molecule has 0 amide bonds. The van der Waals surface area contributed by atoms with Crippen LogP contribution < -0.4 is 9.80 Å². The van der Waals surface area contributed by atoms with Crippen LogP contribution in [0, 0.1) is 6.92 Å². The van der Waals surface area contributed by atoms with E-state index in [9.17, 15) is 0 Å². The Hall–Kier alpha value is -3.02. The lowest BCUT2D eigenvalue weighted by molar-refractivity contribution is 0.568. The third-order valence-corrected chi connectivity index (χ3v) is 5.61. The third-order valence-electron chi connectivity index (χ3n) is 5.61. The Morgan fingerprint density at radius 3 is 2.46 bits per heavy atom. The molecule has 0 aromatic carbocycles. The Bertz CT molecular complexity index is 964. The number of anilines is 3. The van der Waals surface area contributed by atoms with Crippen molar-refractivity contribution in [2.45, 2.75) is 32.6 Å². The molecule has 5 heterocycles. The number of pyridine rings is 2. The van der Waals surface area contributed by atoms with Crippen LogP contribution in [0.2, 0.25) is 0 Å². The summed E-state index contributed by atoms with van der Waals surface area (Å²) in [4.78, 5) is 23.4. The van der Waals surface area contributed by atoms with Gasteiger partial charge in [-0.3, -0.25) is 9.97 Å². The lowest BCUT2D eigenvalue weighted by Crippen LogP contribution is -2.31. The van der Waals surface area contributed by atoms with Gasteiger partial charge in [-0.1, -0.05) is 0 Å². The molecule has 0 bridgehead atoms. The molecule has 142 valence electrons. The van der Waals surface area contributed by atoms with Crippen LogP contribution in [0.5, 0.6) is 0 Å². The van der Waals surface area contributed by atoms with Crippen LogP contribution >= 0.6 is 0 Å². The number of piperidine rings is 1. The number of nitrogens with zero attached hydrogens (tertiary/aromatic N) is 6. The molecule has 0 aliphatic carbocycles. The monoisotopic (exact) mass is 372 g/mol. The Kier molecular flexibility index (Phi) is 4.39. The first-order valence-corrected chi connectivity index (χ1v) is 10.1. The summed E-state index contributed by atoms with van der Waals surface area (Å²) < 4.78 is 0. The van der Waals surface area contributed by atoms with Crippen LogP contribution in [-0.4, -0.2) is 39.6 Å². The molecule has 6 nitrogen and oxygen atoms in total. The van der Waals surface area contributed by atoms with Gasteiger partial charge in [-0.05, 0) is 56.9 Å². The van der Waals surface area contributed by atoms with Gasteiger partial charge in [-0.2, -0.15) is 4.98 Å². The van der Waals surface area contributed by atoms with Crippen LogP contribution in [0.1, 0.15) is 30.5 Å². The van der Waals surface area contributed by atoms with E-state index in [1.807, 2.05) is 37.6 Å². The van der Waals surface area contributed by atoms with Gasteiger partial charge in [0.1, 0.15) is 5.82 Å². The number of rotatable bonds is 3. The molecular formula is C22H24N6. The first-order chi connectivity index (χ1) is 13.8. The normalized spacial score (nSPS) is 16.3. The zero-order valence-corrected chi connectivity index (χ0v) is 16.2. The molecule has 2 aliphatic heterocycles. The summed E-state index contributed by atoms with van der Waals surface area (Å²) in [5, 5.41) is 0. The molecule has 3 aromatic heterocycles. The minimum Gasteiger partial charge on any atom is -0.341 e. The van der Waals surface area contributed by atoms with Crippen LogP contribution in [0.15, 0.2) is 42.9 Å². The van der Waals surface area contributed by atoms with Crippen molar-refractivity contribution < 1.29 is 0 Å². The highest BCUT2D eigenvalue weighted by Crippen LogP contribution is 2.39. The molecule has 0 radical (unpaired) electrons. The first kappa shape index (κ1) is 17.1. The Morgan fingerprint density at radius 1 is 0.893 bits per heavy atom. The van der Waals surface area contributed by atoms with Crippen LogP contribution in [-0.2, 0) is 6.42 Å². The second-order valence-electron chi connectivity index (χ2n) is 7.52. The van der Waals surface area contributed by atoms with Crippen LogP contribution in [0.25, 0.3) is 11.3 Å². The Morgan fingerprint density at radius 2 is 1.71 bits per heavy atom.